The number of aryl methyl sites for hydroxylation is 1. The van der Waals surface area contributed by atoms with E-state index in [1.54, 1.807) is 10.7 Å². The fourth-order valence-corrected chi connectivity index (χ4v) is 2.16. The van der Waals surface area contributed by atoms with Crippen molar-refractivity contribution >= 4 is 5.78 Å². The summed E-state index contributed by atoms with van der Waals surface area (Å²) in [4.78, 5) is 12.1. The van der Waals surface area contributed by atoms with Gasteiger partial charge in [-0.25, -0.2) is 4.39 Å². The molecule has 3 aromatic rings. The number of aromatic nitrogens is 4. The number of para-hydroxylation sites is 1. The van der Waals surface area contributed by atoms with Gasteiger partial charge in [0.15, 0.2) is 11.6 Å². The summed E-state index contributed by atoms with van der Waals surface area (Å²) in [6.45, 7) is 0. The number of carbonyl (C=O) groups is 1. The number of nitrogens with zero attached hydrogens (tertiary/aromatic N) is 4. The van der Waals surface area contributed by atoms with Crippen LogP contribution in [0.5, 0.6) is 0 Å². The van der Waals surface area contributed by atoms with Crippen LogP contribution in [-0.4, -0.2) is 26.0 Å². The number of benzene rings is 2. The summed E-state index contributed by atoms with van der Waals surface area (Å²) in [5.41, 5.74) is 1.19. The summed E-state index contributed by atoms with van der Waals surface area (Å²) in [5, 5.41) is 11.5. The van der Waals surface area contributed by atoms with Gasteiger partial charge in [0.05, 0.1) is 5.69 Å². The van der Waals surface area contributed by atoms with Gasteiger partial charge in [-0.1, -0.05) is 30.3 Å². The first-order chi connectivity index (χ1) is 10.7. The highest BCUT2D eigenvalue weighted by Crippen LogP contribution is 2.11. The molecule has 0 fully saturated rings. The predicted molar refractivity (Wildman–Crippen MR) is 78.2 cm³/mol. The molecule has 0 saturated carbocycles. The molecule has 0 unspecified atom stereocenters. The zero-order chi connectivity index (χ0) is 15.4. The standard InChI is InChI=1S/C16H13FN4O/c17-13-6-4-5-12(11-13)15(22)9-10-16-18-19-20-21(16)14-7-2-1-3-8-14/h1-8,11H,9-10H2. The van der Waals surface area contributed by atoms with Crippen molar-refractivity contribution in [3.05, 3.63) is 71.8 Å². The Morgan fingerprint density at radius 3 is 2.68 bits per heavy atom. The molecule has 22 heavy (non-hydrogen) atoms. The maximum absolute atomic E-state index is 13.1. The normalized spacial score (nSPS) is 10.6. The van der Waals surface area contributed by atoms with E-state index in [-0.39, 0.29) is 12.2 Å². The molecule has 0 bridgehead atoms. The van der Waals surface area contributed by atoms with Gasteiger partial charge in [-0.2, -0.15) is 4.68 Å². The van der Waals surface area contributed by atoms with Crippen LogP contribution < -0.4 is 0 Å². The van der Waals surface area contributed by atoms with Gasteiger partial charge in [-0.3, -0.25) is 4.79 Å². The second-order valence-electron chi connectivity index (χ2n) is 4.78. The highest BCUT2D eigenvalue weighted by atomic mass is 19.1. The van der Waals surface area contributed by atoms with Crippen molar-refractivity contribution < 1.29 is 9.18 Å². The predicted octanol–water partition coefficient (Wildman–Crippen LogP) is 2.62. The molecule has 5 nitrogen and oxygen atoms in total. The van der Waals surface area contributed by atoms with Crippen LogP contribution in [-0.2, 0) is 6.42 Å². The molecular weight excluding hydrogens is 283 g/mol. The zero-order valence-corrected chi connectivity index (χ0v) is 11.7. The number of carbonyl (C=O) groups excluding carboxylic acids is 1. The maximum atomic E-state index is 13.1. The molecule has 0 amide bonds. The Bertz CT molecular complexity index is 786. The summed E-state index contributed by atoms with van der Waals surface area (Å²) >= 11 is 0. The van der Waals surface area contributed by atoms with Gasteiger partial charge >= 0.3 is 0 Å². The van der Waals surface area contributed by atoms with E-state index in [9.17, 15) is 9.18 Å². The van der Waals surface area contributed by atoms with Gasteiger partial charge in [-0.15, -0.1) is 5.10 Å². The van der Waals surface area contributed by atoms with Crippen LogP contribution in [0, 0.1) is 5.82 Å². The van der Waals surface area contributed by atoms with Gasteiger partial charge in [-0.05, 0) is 34.7 Å². The molecule has 0 radical (unpaired) electrons. The van der Waals surface area contributed by atoms with Crippen molar-refractivity contribution in [1.82, 2.24) is 20.2 Å². The molecule has 2 aromatic carbocycles. The molecule has 0 atom stereocenters. The van der Waals surface area contributed by atoms with Crippen molar-refractivity contribution in [3.8, 4) is 5.69 Å². The zero-order valence-electron chi connectivity index (χ0n) is 11.7. The molecule has 0 aliphatic carbocycles. The van der Waals surface area contributed by atoms with Crippen molar-refractivity contribution in [3.63, 3.8) is 0 Å². The van der Waals surface area contributed by atoms with Gasteiger partial charge in [0.25, 0.3) is 0 Å². The molecule has 0 saturated heterocycles. The third kappa shape index (κ3) is 3.06. The lowest BCUT2D eigenvalue weighted by atomic mass is 10.1. The SMILES string of the molecule is O=C(CCc1nnnn1-c1ccccc1)c1cccc(F)c1. The maximum Gasteiger partial charge on any atom is 0.163 e. The number of ketones is 1. The van der Waals surface area contributed by atoms with Gasteiger partial charge in [0.2, 0.25) is 0 Å². The third-order valence-corrected chi connectivity index (χ3v) is 3.26. The van der Waals surface area contributed by atoms with Gasteiger partial charge in [0, 0.05) is 18.4 Å². The molecule has 1 aromatic heterocycles. The van der Waals surface area contributed by atoms with Crippen molar-refractivity contribution in [2.45, 2.75) is 12.8 Å². The van der Waals surface area contributed by atoms with Crippen LogP contribution in [0.4, 0.5) is 4.39 Å². The van der Waals surface area contributed by atoms with Crippen LogP contribution in [0.3, 0.4) is 0 Å². The average molecular weight is 296 g/mol. The Kier molecular flexibility index (Phi) is 4.00. The fraction of sp³-hybridized carbons (Fsp3) is 0.125. The number of tetrazole rings is 1. The van der Waals surface area contributed by atoms with E-state index in [0.29, 0.717) is 17.8 Å². The molecule has 3 rings (SSSR count). The fourth-order valence-electron chi connectivity index (χ4n) is 2.16. The Morgan fingerprint density at radius 2 is 1.91 bits per heavy atom. The van der Waals surface area contributed by atoms with E-state index in [0.717, 1.165) is 5.69 Å². The number of rotatable bonds is 5. The molecular formula is C16H13FN4O. The summed E-state index contributed by atoms with van der Waals surface area (Å²) in [6, 6.07) is 15.1. The smallest absolute Gasteiger partial charge is 0.163 e. The second-order valence-corrected chi connectivity index (χ2v) is 4.78. The lowest BCUT2D eigenvalue weighted by Gasteiger charge is -2.04. The van der Waals surface area contributed by atoms with E-state index in [1.807, 2.05) is 30.3 Å². The Morgan fingerprint density at radius 1 is 1.09 bits per heavy atom. The molecule has 1 heterocycles. The summed E-state index contributed by atoms with van der Waals surface area (Å²) < 4.78 is 14.7. The topological polar surface area (TPSA) is 60.7 Å². The first kappa shape index (κ1) is 14.1. The molecule has 110 valence electrons. The van der Waals surface area contributed by atoms with Crippen LogP contribution in [0.25, 0.3) is 5.69 Å². The van der Waals surface area contributed by atoms with E-state index in [2.05, 4.69) is 15.5 Å². The van der Waals surface area contributed by atoms with Crippen LogP contribution >= 0.6 is 0 Å². The van der Waals surface area contributed by atoms with Crippen molar-refractivity contribution in [2.75, 3.05) is 0 Å². The summed E-state index contributed by atoms with van der Waals surface area (Å²) in [6.07, 6.45) is 0.605. The second kappa shape index (κ2) is 6.26. The molecule has 0 aliphatic heterocycles. The van der Waals surface area contributed by atoms with Gasteiger partial charge < -0.3 is 0 Å². The van der Waals surface area contributed by atoms with Crippen LogP contribution in [0.15, 0.2) is 54.6 Å². The molecule has 0 aliphatic rings. The van der Waals surface area contributed by atoms with Gasteiger partial charge in [0.1, 0.15) is 5.82 Å². The van der Waals surface area contributed by atoms with Crippen LogP contribution in [0.2, 0.25) is 0 Å². The average Bonchev–Trinajstić information content (AvgIpc) is 3.02. The highest BCUT2D eigenvalue weighted by Gasteiger charge is 2.12. The van der Waals surface area contributed by atoms with Crippen LogP contribution in [0.1, 0.15) is 22.6 Å². The van der Waals surface area contributed by atoms with E-state index < -0.39 is 5.82 Å². The number of Topliss-reactive ketones (excluding diaryl/α,β-unsaturated/α-hetero) is 1. The van der Waals surface area contributed by atoms with Crippen molar-refractivity contribution in [1.29, 1.82) is 0 Å². The highest BCUT2D eigenvalue weighted by molar-refractivity contribution is 5.96. The van der Waals surface area contributed by atoms with E-state index >= 15 is 0 Å². The van der Waals surface area contributed by atoms with E-state index in [1.165, 1.54) is 18.2 Å². The number of hydrogen-bond donors (Lipinski definition) is 0. The molecule has 6 heteroatoms. The Labute approximate surface area is 126 Å². The van der Waals surface area contributed by atoms with E-state index in [4.69, 9.17) is 0 Å². The first-order valence-electron chi connectivity index (χ1n) is 6.85. The summed E-state index contributed by atoms with van der Waals surface area (Å²) in [7, 11) is 0. The Balaban J connectivity index is 1.73. The number of halogens is 1. The summed E-state index contributed by atoms with van der Waals surface area (Å²) in [5.74, 6) is 0.0398. The minimum atomic E-state index is -0.417. The minimum absolute atomic E-state index is 0.137. The largest absolute Gasteiger partial charge is 0.294 e. The van der Waals surface area contributed by atoms with Crippen molar-refractivity contribution in [2.24, 2.45) is 0 Å². The molecule has 0 spiro atoms. The molecule has 0 N–H and O–H groups in total. The monoisotopic (exact) mass is 296 g/mol. The number of hydrogen-bond acceptors (Lipinski definition) is 4. The lowest BCUT2D eigenvalue weighted by molar-refractivity contribution is 0.0981. The first-order valence-corrected chi connectivity index (χ1v) is 6.85. The lowest BCUT2D eigenvalue weighted by Crippen LogP contribution is -2.07. The minimum Gasteiger partial charge on any atom is -0.294 e. The Hall–Kier alpha value is -2.89. The quantitative estimate of drug-likeness (QED) is 0.679. The third-order valence-electron chi connectivity index (χ3n) is 3.26.